The first kappa shape index (κ1) is 24.0. The molecule has 0 amide bonds. The van der Waals surface area contributed by atoms with E-state index in [2.05, 4.69) is 65.8 Å². The molecule has 0 aliphatic carbocycles. The summed E-state index contributed by atoms with van der Waals surface area (Å²) in [6, 6.07) is 12.3. The van der Waals surface area contributed by atoms with E-state index in [4.69, 9.17) is 9.47 Å². The third kappa shape index (κ3) is 6.35. The first-order valence-electron chi connectivity index (χ1n) is 11.3. The molecule has 2 aromatic carbocycles. The van der Waals surface area contributed by atoms with E-state index in [-0.39, 0.29) is 17.6 Å². The number of carbonyl (C=O) groups excluding carboxylic acids is 1. The molecule has 2 rings (SSSR count). The Bertz CT molecular complexity index is 717. The Labute approximate surface area is 182 Å². The van der Waals surface area contributed by atoms with Gasteiger partial charge in [0.05, 0.1) is 25.0 Å². The summed E-state index contributed by atoms with van der Waals surface area (Å²) in [6.45, 7) is 13.3. The van der Waals surface area contributed by atoms with Gasteiger partial charge in [-0.2, -0.15) is 0 Å². The van der Waals surface area contributed by atoms with E-state index in [1.807, 2.05) is 12.1 Å². The number of rotatable bonds is 12. The highest BCUT2D eigenvalue weighted by Crippen LogP contribution is 2.27. The fourth-order valence-corrected chi connectivity index (χ4v) is 4.07. The van der Waals surface area contributed by atoms with Crippen molar-refractivity contribution in [1.29, 1.82) is 0 Å². The molecule has 0 aliphatic heterocycles. The largest absolute Gasteiger partial charge is 0.492 e. The van der Waals surface area contributed by atoms with Gasteiger partial charge in [0, 0.05) is 0 Å². The monoisotopic (exact) mass is 410 g/mol. The maximum Gasteiger partial charge on any atom is 0.145 e. The summed E-state index contributed by atoms with van der Waals surface area (Å²) in [5.41, 5.74) is 4.45. The predicted octanol–water partition coefficient (Wildman–Crippen LogP) is 6.78. The van der Waals surface area contributed by atoms with Crippen LogP contribution < -0.4 is 9.47 Å². The van der Waals surface area contributed by atoms with Crippen molar-refractivity contribution in [1.82, 2.24) is 0 Å². The van der Waals surface area contributed by atoms with Crippen molar-refractivity contribution in [3.63, 3.8) is 0 Å². The number of hydrogen-bond acceptors (Lipinski definition) is 3. The zero-order valence-corrected chi connectivity index (χ0v) is 19.6. The van der Waals surface area contributed by atoms with E-state index in [0.717, 1.165) is 59.4 Å². The van der Waals surface area contributed by atoms with Gasteiger partial charge in [-0.25, -0.2) is 0 Å². The lowest BCUT2D eigenvalue weighted by Gasteiger charge is -2.24. The van der Waals surface area contributed by atoms with Crippen molar-refractivity contribution in [2.75, 3.05) is 13.2 Å². The summed E-state index contributed by atoms with van der Waals surface area (Å²) in [7, 11) is 0. The number of ketones is 1. The molecule has 0 radical (unpaired) electrons. The lowest BCUT2D eigenvalue weighted by molar-refractivity contribution is -0.129. The summed E-state index contributed by atoms with van der Waals surface area (Å²) >= 11 is 0. The normalized spacial score (nSPS) is 13.0. The fraction of sp³-hybridized carbons (Fsp3) is 0.519. The Morgan fingerprint density at radius 2 is 1.03 bits per heavy atom. The number of carbonyl (C=O) groups is 1. The third-order valence-electron chi connectivity index (χ3n) is 5.75. The molecule has 0 saturated heterocycles. The molecular weight excluding hydrogens is 372 g/mol. The molecule has 164 valence electrons. The first-order chi connectivity index (χ1) is 14.4. The molecule has 0 heterocycles. The van der Waals surface area contributed by atoms with Gasteiger partial charge in [-0.1, -0.05) is 63.1 Å². The van der Waals surface area contributed by atoms with Gasteiger partial charge in [0.1, 0.15) is 17.3 Å². The highest BCUT2D eigenvalue weighted by Gasteiger charge is 2.28. The second-order valence-corrected chi connectivity index (χ2v) is 8.44. The minimum atomic E-state index is -0.105. The maximum atomic E-state index is 13.4. The minimum absolute atomic E-state index is 0.105. The Kier molecular flexibility index (Phi) is 9.42. The molecule has 0 spiro atoms. The molecular formula is C27H38O3. The van der Waals surface area contributed by atoms with Gasteiger partial charge in [0.2, 0.25) is 0 Å². The van der Waals surface area contributed by atoms with Crippen LogP contribution in [0.4, 0.5) is 0 Å². The van der Waals surface area contributed by atoms with E-state index >= 15 is 0 Å². The first-order valence-corrected chi connectivity index (χ1v) is 11.3. The molecule has 30 heavy (non-hydrogen) atoms. The van der Waals surface area contributed by atoms with Crippen LogP contribution in [-0.4, -0.2) is 19.0 Å². The van der Waals surface area contributed by atoms with Gasteiger partial charge >= 0.3 is 0 Å². The van der Waals surface area contributed by atoms with Crippen LogP contribution in [0.5, 0.6) is 11.5 Å². The van der Waals surface area contributed by atoms with Crippen LogP contribution in [-0.2, 0) is 4.79 Å². The van der Waals surface area contributed by atoms with Crippen molar-refractivity contribution in [3.8, 4) is 11.5 Å². The van der Waals surface area contributed by atoms with E-state index in [0.29, 0.717) is 13.2 Å². The Hall–Kier alpha value is -2.29. The van der Waals surface area contributed by atoms with Gasteiger partial charge in [-0.3, -0.25) is 4.79 Å². The molecule has 3 nitrogen and oxygen atoms in total. The van der Waals surface area contributed by atoms with E-state index in [9.17, 15) is 4.79 Å². The molecule has 3 heteroatoms. The molecule has 2 atom stereocenters. The number of para-hydroxylation sites is 2. The van der Waals surface area contributed by atoms with Crippen LogP contribution in [0.25, 0.3) is 0 Å². The Morgan fingerprint density at radius 1 is 0.700 bits per heavy atom. The minimum Gasteiger partial charge on any atom is -0.492 e. The summed E-state index contributed by atoms with van der Waals surface area (Å²) in [6.07, 6.45) is 3.60. The Balaban J connectivity index is 2.10. The summed E-state index contributed by atoms with van der Waals surface area (Å²) in [5.74, 6) is 1.88. The van der Waals surface area contributed by atoms with Crippen LogP contribution >= 0.6 is 0 Å². The van der Waals surface area contributed by atoms with E-state index in [1.54, 1.807) is 0 Å². The van der Waals surface area contributed by atoms with Gasteiger partial charge in [-0.15, -0.1) is 0 Å². The maximum absolute atomic E-state index is 13.4. The van der Waals surface area contributed by atoms with Gasteiger partial charge in [0.25, 0.3) is 0 Å². The van der Waals surface area contributed by atoms with Gasteiger partial charge in [0.15, 0.2) is 0 Å². The highest BCUT2D eigenvalue weighted by atomic mass is 16.5. The average molecular weight is 411 g/mol. The number of hydrogen-bond donors (Lipinski definition) is 0. The highest BCUT2D eigenvalue weighted by molar-refractivity contribution is 5.83. The van der Waals surface area contributed by atoms with Crippen LogP contribution in [0, 0.1) is 39.5 Å². The Morgan fingerprint density at radius 3 is 1.33 bits per heavy atom. The van der Waals surface area contributed by atoms with Crippen LogP contribution in [0.2, 0.25) is 0 Å². The molecule has 0 N–H and O–H groups in total. The summed E-state index contributed by atoms with van der Waals surface area (Å²) in [5, 5.41) is 0. The number of ether oxygens (including phenoxy) is 2. The van der Waals surface area contributed by atoms with Crippen LogP contribution in [0.15, 0.2) is 36.4 Å². The lowest BCUT2D eigenvalue weighted by Crippen LogP contribution is -2.32. The zero-order chi connectivity index (χ0) is 22.1. The molecule has 0 fully saturated rings. The molecule has 0 bridgehead atoms. The summed E-state index contributed by atoms with van der Waals surface area (Å²) < 4.78 is 12.3. The number of aryl methyl sites for hydroxylation is 4. The molecule has 2 aromatic rings. The molecule has 2 unspecified atom stereocenters. The zero-order valence-electron chi connectivity index (χ0n) is 19.6. The molecule has 0 aromatic heterocycles. The van der Waals surface area contributed by atoms with Crippen molar-refractivity contribution in [3.05, 3.63) is 58.7 Å². The second-order valence-electron chi connectivity index (χ2n) is 8.44. The smallest absolute Gasteiger partial charge is 0.145 e. The van der Waals surface area contributed by atoms with E-state index in [1.165, 1.54) is 0 Å². The van der Waals surface area contributed by atoms with Crippen molar-refractivity contribution < 1.29 is 14.3 Å². The fourth-order valence-electron chi connectivity index (χ4n) is 4.07. The topological polar surface area (TPSA) is 35.5 Å². The molecule has 0 saturated carbocycles. The second kappa shape index (κ2) is 11.8. The summed E-state index contributed by atoms with van der Waals surface area (Å²) in [4.78, 5) is 13.4. The van der Waals surface area contributed by atoms with Gasteiger partial charge < -0.3 is 9.47 Å². The standard InChI is InChI=1S/C27H38O3/c1-7-11-23(17-29-26-19(3)13-9-14-20(26)4)25(28)24(12-8-2)18-30-27-21(5)15-10-16-22(27)6/h9-10,13-16,23-24H,7-8,11-12,17-18H2,1-6H3. The van der Waals surface area contributed by atoms with Crippen molar-refractivity contribution >= 4 is 5.78 Å². The predicted molar refractivity (Wildman–Crippen MR) is 125 cm³/mol. The SMILES string of the molecule is CCCC(COc1c(C)cccc1C)C(=O)C(CCC)COc1c(C)cccc1C. The molecule has 0 aliphatic rings. The number of benzene rings is 2. The van der Waals surface area contributed by atoms with Gasteiger partial charge in [-0.05, 0) is 62.8 Å². The van der Waals surface area contributed by atoms with Crippen LogP contribution in [0.3, 0.4) is 0 Å². The van der Waals surface area contributed by atoms with E-state index < -0.39 is 0 Å². The average Bonchev–Trinajstić information content (AvgIpc) is 2.71. The van der Waals surface area contributed by atoms with Crippen molar-refractivity contribution in [2.24, 2.45) is 11.8 Å². The third-order valence-corrected chi connectivity index (χ3v) is 5.75. The number of Topliss-reactive ketones (excluding diaryl/α,β-unsaturated/α-hetero) is 1. The van der Waals surface area contributed by atoms with Crippen molar-refractivity contribution in [2.45, 2.75) is 67.2 Å². The lowest BCUT2D eigenvalue weighted by atomic mass is 9.87. The van der Waals surface area contributed by atoms with Crippen LogP contribution in [0.1, 0.15) is 61.8 Å². The quantitative estimate of drug-likeness (QED) is 0.387.